The van der Waals surface area contributed by atoms with Crippen molar-refractivity contribution in [2.75, 3.05) is 0 Å². The van der Waals surface area contributed by atoms with Gasteiger partial charge in [0.15, 0.2) is 0 Å². The highest BCUT2D eigenvalue weighted by molar-refractivity contribution is 5.72. The van der Waals surface area contributed by atoms with Crippen LogP contribution in [0, 0.1) is 5.82 Å². The lowest BCUT2D eigenvalue weighted by molar-refractivity contribution is -0.143. The molecule has 1 N–H and O–H groups in total. The minimum atomic E-state index is -0.935. The van der Waals surface area contributed by atoms with Crippen molar-refractivity contribution in [3.8, 4) is 0 Å². The van der Waals surface area contributed by atoms with Gasteiger partial charge in [0.2, 0.25) is 0 Å². The van der Waals surface area contributed by atoms with E-state index >= 15 is 0 Å². The van der Waals surface area contributed by atoms with Gasteiger partial charge in [-0.15, -0.1) is 5.10 Å². The number of carbonyl (C=O) groups is 1. The quantitative estimate of drug-likeness (QED) is 0.872. The Morgan fingerprint density at radius 1 is 1.48 bits per heavy atom. The molecule has 0 radical (unpaired) electrons. The molecule has 1 unspecified atom stereocenters. The van der Waals surface area contributed by atoms with Gasteiger partial charge < -0.3 is 5.11 Å². The monoisotopic (exact) mass is 292 g/mol. The maximum absolute atomic E-state index is 13.2. The molecule has 0 saturated heterocycles. The molecule has 0 amide bonds. The normalized spacial score (nSPS) is 12.6. The Kier molecular flexibility index (Phi) is 4.64. The zero-order valence-electron chi connectivity index (χ0n) is 11.9. The number of hydrogen-bond acceptors (Lipinski definition) is 4. The SMILES string of the molecule is CC(C(=O)O)N(Cc1cccc(F)c1)Cc1cn(C)nn1. The summed E-state index contributed by atoms with van der Waals surface area (Å²) in [5, 5.41) is 17.0. The van der Waals surface area contributed by atoms with Crippen LogP contribution in [0.1, 0.15) is 18.2 Å². The molecule has 0 aliphatic heterocycles. The number of carboxylic acids is 1. The lowest BCUT2D eigenvalue weighted by Crippen LogP contribution is -2.38. The highest BCUT2D eigenvalue weighted by Gasteiger charge is 2.22. The van der Waals surface area contributed by atoms with Crippen LogP contribution in [0.15, 0.2) is 30.5 Å². The van der Waals surface area contributed by atoms with Crippen LogP contribution in [-0.2, 0) is 24.9 Å². The summed E-state index contributed by atoms with van der Waals surface area (Å²) in [6, 6.07) is 5.42. The van der Waals surface area contributed by atoms with E-state index in [0.29, 0.717) is 24.3 Å². The first kappa shape index (κ1) is 15.1. The summed E-state index contributed by atoms with van der Waals surface area (Å²) in [5.41, 5.74) is 1.38. The van der Waals surface area contributed by atoms with Crippen LogP contribution in [0.2, 0.25) is 0 Å². The van der Waals surface area contributed by atoms with E-state index in [1.165, 1.54) is 12.1 Å². The highest BCUT2D eigenvalue weighted by atomic mass is 19.1. The zero-order valence-corrected chi connectivity index (χ0v) is 11.9. The summed E-state index contributed by atoms with van der Waals surface area (Å²) in [7, 11) is 1.74. The predicted octanol–water partition coefficient (Wildman–Crippen LogP) is 1.43. The first-order valence-electron chi connectivity index (χ1n) is 6.52. The van der Waals surface area contributed by atoms with E-state index in [9.17, 15) is 14.3 Å². The third-order valence-corrected chi connectivity index (χ3v) is 3.20. The number of carboxylic acid groups (broad SMARTS) is 1. The summed E-state index contributed by atoms with van der Waals surface area (Å²) in [5.74, 6) is -1.27. The number of aliphatic carboxylic acids is 1. The smallest absolute Gasteiger partial charge is 0.320 e. The predicted molar refractivity (Wildman–Crippen MR) is 73.7 cm³/mol. The summed E-state index contributed by atoms with van der Waals surface area (Å²) in [6.07, 6.45) is 1.73. The summed E-state index contributed by atoms with van der Waals surface area (Å²) < 4.78 is 14.8. The van der Waals surface area contributed by atoms with E-state index in [-0.39, 0.29) is 5.82 Å². The molecule has 2 rings (SSSR count). The van der Waals surface area contributed by atoms with Gasteiger partial charge in [-0.05, 0) is 24.6 Å². The number of aromatic nitrogens is 3. The highest BCUT2D eigenvalue weighted by Crippen LogP contribution is 2.13. The Morgan fingerprint density at radius 2 is 2.24 bits per heavy atom. The molecule has 0 saturated carbocycles. The second kappa shape index (κ2) is 6.45. The second-order valence-corrected chi connectivity index (χ2v) is 4.93. The van der Waals surface area contributed by atoms with Crippen LogP contribution in [-0.4, -0.2) is 37.0 Å². The van der Waals surface area contributed by atoms with Crippen molar-refractivity contribution in [2.45, 2.75) is 26.1 Å². The van der Waals surface area contributed by atoms with Crippen molar-refractivity contribution < 1.29 is 14.3 Å². The average Bonchev–Trinajstić information content (AvgIpc) is 2.82. The van der Waals surface area contributed by atoms with E-state index in [1.54, 1.807) is 41.9 Å². The van der Waals surface area contributed by atoms with Crippen LogP contribution in [0.25, 0.3) is 0 Å². The number of rotatable bonds is 6. The van der Waals surface area contributed by atoms with Crippen molar-refractivity contribution in [2.24, 2.45) is 7.05 Å². The molecule has 6 nitrogen and oxygen atoms in total. The molecular formula is C14H17FN4O2. The second-order valence-electron chi connectivity index (χ2n) is 4.93. The van der Waals surface area contributed by atoms with Crippen LogP contribution < -0.4 is 0 Å². The molecule has 0 spiro atoms. The fraction of sp³-hybridized carbons (Fsp3) is 0.357. The van der Waals surface area contributed by atoms with Gasteiger partial charge in [0.25, 0.3) is 0 Å². The van der Waals surface area contributed by atoms with E-state index in [2.05, 4.69) is 10.3 Å². The van der Waals surface area contributed by atoms with Gasteiger partial charge in [0.1, 0.15) is 11.9 Å². The van der Waals surface area contributed by atoms with Gasteiger partial charge >= 0.3 is 5.97 Å². The van der Waals surface area contributed by atoms with Crippen molar-refractivity contribution >= 4 is 5.97 Å². The molecule has 21 heavy (non-hydrogen) atoms. The molecule has 1 heterocycles. The maximum Gasteiger partial charge on any atom is 0.320 e. The lowest BCUT2D eigenvalue weighted by atomic mass is 10.1. The van der Waals surface area contributed by atoms with Crippen molar-refractivity contribution in [1.29, 1.82) is 0 Å². The molecule has 1 aromatic carbocycles. The third-order valence-electron chi connectivity index (χ3n) is 3.20. The van der Waals surface area contributed by atoms with Gasteiger partial charge in [-0.25, -0.2) is 4.39 Å². The van der Waals surface area contributed by atoms with Gasteiger partial charge in [-0.3, -0.25) is 14.4 Å². The van der Waals surface area contributed by atoms with Gasteiger partial charge in [-0.2, -0.15) is 0 Å². The van der Waals surface area contributed by atoms with Crippen molar-refractivity contribution in [3.63, 3.8) is 0 Å². The molecule has 1 atom stereocenters. The standard InChI is InChI=1S/C14H17FN4O2/c1-10(14(20)21)19(9-13-8-18(2)17-16-13)7-11-4-3-5-12(15)6-11/h3-6,8,10H,7,9H2,1-2H3,(H,20,21). The molecule has 0 aliphatic carbocycles. The average molecular weight is 292 g/mol. The Balaban J connectivity index is 2.17. The molecule has 2 aromatic rings. The van der Waals surface area contributed by atoms with Crippen molar-refractivity contribution in [3.05, 3.63) is 47.5 Å². The fourth-order valence-electron chi connectivity index (χ4n) is 2.03. The molecular weight excluding hydrogens is 275 g/mol. The summed E-state index contributed by atoms with van der Waals surface area (Å²) in [6.45, 7) is 2.25. The number of nitrogens with zero attached hydrogens (tertiary/aromatic N) is 4. The minimum absolute atomic E-state index is 0.321. The van der Waals surface area contributed by atoms with Crippen LogP contribution in [0.3, 0.4) is 0 Å². The number of aryl methyl sites for hydroxylation is 1. The number of hydrogen-bond donors (Lipinski definition) is 1. The number of halogens is 1. The molecule has 1 aromatic heterocycles. The van der Waals surface area contributed by atoms with E-state index in [1.807, 2.05) is 0 Å². The molecule has 7 heteroatoms. The van der Waals surface area contributed by atoms with E-state index in [4.69, 9.17) is 0 Å². The van der Waals surface area contributed by atoms with Crippen molar-refractivity contribution in [1.82, 2.24) is 19.9 Å². The van der Waals surface area contributed by atoms with Gasteiger partial charge in [0.05, 0.1) is 5.69 Å². The largest absolute Gasteiger partial charge is 0.480 e. The number of benzene rings is 1. The van der Waals surface area contributed by atoms with Crippen LogP contribution in [0.4, 0.5) is 4.39 Å². The van der Waals surface area contributed by atoms with Gasteiger partial charge in [0, 0.05) is 26.3 Å². The third kappa shape index (κ3) is 4.09. The molecule has 0 aliphatic rings. The Labute approximate surface area is 121 Å². The van der Waals surface area contributed by atoms with Crippen LogP contribution >= 0.6 is 0 Å². The first-order chi connectivity index (χ1) is 9.95. The summed E-state index contributed by atoms with van der Waals surface area (Å²) in [4.78, 5) is 12.9. The van der Waals surface area contributed by atoms with Crippen LogP contribution in [0.5, 0.6) is 0 Å². The minimum Gasteiger partial charge on any atom is -0.480 e. The first-order valence-corrected chi connectivity index (χ1v) is 6.52. The molecule has 0 fully saturated rings. The van der Waals surface area contributed by atoms with Gasteiger partial charge in [-0.1, -0.05) is 17.3 Å². The Morgan fingerprint density at radius 3 is 2.81 bits per heavy atom. The fourth-order valence-corrected chi connectivity index (χ4v) is 2.03. The Bertz CT molecular complexity index is 629. The topological polar surface area (TPSA) is 71.2 Å². The molecule has 0 bridgehead atoms. The molecule has 112 valence electrons. The Hall–Kier alpha value is -2.28. The maximum atomic E-state index is 13.2. The van der Waals surface area contributed by atoms with E-state index in [0.717, 1.165) is 0 Å². The van der Waals surface area contributed by atoms with E-state index < -0.39 is 12.0 Å². The zero-order chi connectivity index (χ0) is 15.4. The summed E-state index contributed by atoms with van der Waals surface area (Å²) >= 11 is 0. The lowest BCUT2D eigenvalue weighted by Gasteiger charge is -2.25.